The van der Waals surface area contributed by atoms with Crippen LogP contribution in [0, 0.1) is 11.3 Å². The minimum absolute atomic E-state index is 0.122. The molecule has 1 aliphatic carbocycles. The van der Waals surface area contributed by atoms with Crippen molar-refractivity contribution in [2.75, 3.05) is 0 Å². The van der Waals surface area contributed by atoms with E-state index < -0.39 is 23.1 Å². The molecule has 0 amide bonds. The van der Waals surface area contributed by atoms with Gasteiger partial charge in [0.15, 0.2) is 0 Å². The fraction of sp³-hybridized carbons (Fsp3) is 0.444. The van der Waals surface area contributed by atoms with Crippen LogP contribution in [0.3, 0.4) is 0 Å². The molecule has 2 atom stereocenters. The lowest BCUT2D eigenvalue weighted by atomic mass is 9.74. The van der Waals surface area contributed by atoms with Crippen molar-refractivity contribution in [3.8, 4) is 0 Å². The molecular weight excluding hydrogens is 195 g/mol. The summed E-state index contributed by atoms with van der Waals surface area (Å²) in [5.74, 6) is -2.36. The molecule has 0 spiro atoms. The zero-order chi connectivity index (χ0) is 10.2. The third-order valence-corrected chi connectivity index (χ3v) is 2.84. The van der Waals surface area contributed by atoms with Crippen LogP contribution in [-0.4, -0.2) is 11.1 Å². The summed E-state index contributed by atoms with van der Waals surface area (Å²) in [4.78, 5) is 10.9. The van der Waals surface area contributed by atoms with Gasteiger partial charge in [0.05, 0.1) is 5.03 Å². The quantitative estimate of drug-likeness (QED) is 0.713. The summed E-state index contributed by atoms with van der Waals surface area (Å²) >= 11 is 5.52. The first-order valence-corrected chi connectivity index (χ1v) is 4.26. The first-order chi connectivity index (χ1) is 5.90. The Hall–Kier alpha value is -0.830. The smallest absolute Gasteiger partial charge is 0.316 e. The van der Waals surface area contributed by atoms with E-state index in [1.807, 2.05) is 0 Å². The molecule has 0 radical (unpaired) electrons. The van der Waals surface area contributed by atoms with E-state index in [1.165, 1.54) is 13.0 Å². The predicted molar refractivity (Wildman–Crippen MR) is 48.0 cm³/mol. The van der Waals surface area contributed by atoms with Crippen LogP contribution in [-0.2, 0) is 4.79 Å². The van der Waals surface area contributed by atoms with Crippen LogP contribution in [0.25, 0.3) is 0 Å². The maximum atomic E-state index is 13.4. The third kappa shape index (κ3) is 1.37. The Labute approximate surface area is 80.7 Å². The van der Waals surface area contributed by atoms with Gasteiger partial charge in [0.25, 0.3) is 0 Å². The highest BCUT2D eigenvalue weighted by molar-refractivity contribution is 6.31. The van der Waals surface area contributed by atoms with Gasteiger partial charge in [0.2, 0.25) is 0 Å². The summed E-state index contributed by atoms with van der Waals surface area (Å²) in [5, 5.41) is 8.77. The van der Waals surface area contributed by atoms with Crippen molar-refractivity contribution in [2.45, 2.75) is 13.8 Å². The highest BCUT2D eigenvalue weighted by atomic mass is 35.5. The lowest BCUT2D eigenvalue weighted by Crippen LogP contribution is -2.36. The molecule has 0 fully saturated rings. The van der Waals surface area contributed by atoms with E-state index in [1.54, 1.807) is 13.0 Å². The first kappa shape index (κ1) is 10.3. The molecule has 72 valence electrons. The number of halogens is 2. The summed E-state index contributed by atoms with van der Waals surface area (Å²) in [5.41, 5.74) is -1.52. The van der Waals surface area contributed by atoms with Crippen molar-refractivity contribution in [1.82, 2.24) is 0 Å². The number of carboxylic acid groups (broad SMARTS) is 1. The van der Waals surface area contributed by atoms with Crippen molar-refractivity contribution in [2.24, 2.45) is 11.3 Å². The van der Waals surface area contributed by atoms with Gasteiger partial charge in [-0.1, -0.05) is 24.6 Å². The van der Waals surface area contributed by atoms with Crippen LogP contribution in [0.1, 0.15) is 13.8 Å². The average Bonchev–Trinajstić information content (AvgIpc) is 2.08. The number of allylic oxidation sites excluding steroid dienone is 3. The second-order valence-electron chi connectivity index (χ2n) is 3.32. The van der Waals surface area contributed by atoms with Crippen LogP contribution >= 0.6 is 11.6 Å². The van der Waals surface area contributed by atoms with Gasteiger partial charge in [-0.25, -0.2) is 4.39 Å². The molecule has 13 heavy (non-hydrogen) atoms. The van der Waals surface area contributed by atoms with Crippen LogP contribution in [0.2, 0.25) is 0 Å². The fourth-order valence-corrected chi connectivity index (χ4v) is 1.50. The number of carbonyl (C=O) groups is 1. The number of rotatable bonds is 1. The van der Waals surface area contributed by atoms with Crippen molar-refractivity contribution < 1.29 is 14.3 Å². The molecule has 1 N–H and O–H groups in total. The Morgan fingerprint density at radius 3 is 2.69 bits per heavy atom. The molecule has 0 heterocycles. The number of aliphatic carboxylic acids is 1. The van der Waals surface area contributed by atoms with Gasteiger partial charge in [-0.05, 0) is 18.9 Å². The normalized spacial score (nSPS) is 33.7. The topological polar surface area (TPSA) is 37.3 Å². The molecule has 0 bridgehead atoms. The second-order valence-corrected chi connectivity index (χ2v) is 3.72. The van der Waals surface area contributed by atoms with Gasteiger partial charge in [-0.15, -0.1) is 0 Å². The van der Waals surface area contributed by atoms with E-state index in [0.717, 1.165) is 0 Å². The van der Waals surface area contributed by atoms with Crippen LogP contribution in [0.5, 0.6) is 0 Å². The fourth-order valence-electron chi connectivity index (χ4n) is 1.23. The largest absolute Gasteiger partial charge is 0.481 e. The number of hydrogen-bond donors (Lipinski definition) is 1. The molecule has 0 aromatic carbocycles. The summed E-state index contributed by atoms with van der Waals surface area (Å²) < 4.78 is 13.4. The number of carboxylic acids is 1. The summed E-state index contributed by atoms with van der Waals surface area (Å²) in [6, 6.07) is 0. The minimum atomic E-state index is -1.52. The molecule has 2 unspecified atom stereocenters. The van der Waals surface area contributed by atoms with Crippen LogP contribution < -0.4 is 0 Å². The highest BCUT2D eigenvalue weighted by Gasteiger charge is 2.45. The van der Waals surface area contributed by atoms with E-state index in [9.17, 15) is 9.18 Å². The van der Waals surface area contributed by atoms with Crippen molar-refractivity contribution in [3.63, 3.8) is 0 Å². The summed E-state index contributed by atoms with van der Waals surface area (Å²) in [6.45, 7) is 2.98. The molecule has 0 saturated heterocycles. The zero-order valence-electron chi connectivity index (χ0n) is 7.34. The third-order valence-electron chi connectivity index (χ3n) is 2.55. The van der Waals surface area contributed by atoms with E-state index in [4.69, 9.17) is 16.7 Å². The van der Waals surface area contributed by atoms with E-state index >= 15 is 0 Å². The Bertz CT molecular complexity index is 309. The molecule has 0 aliphatic heterocycles. The monoisotopic (exact) mass is 204 g/mol. The average molecular weight is 205 g/mol. The minimum Gasteiger partial charge on any atom is -0.481 e. The molecule has 1 rings (SSSR count). The van der Waals surface area contributed by atoms with Crippen molar-refractivity contribution in [1.29, 1.82) is 0 Å². The van der Waals surface area contributed by atoms with Gasteiger partial charge in [-0.3, -0.25) is 4.79 Å². The van der Waals surface area contributed by atoms with Crippen molar-refractivity contribution in [3.05, 3.63) is 23.0 Å². The van der Waals surface area contributed by atoms with E-state index in [2.05, 4.69) is 0 Å². The molecular formula is C9H10ClFO2. The van der Waals surface area contributed by atoms with Gasteiger partial charge >= 0.3 is 5.97 Å². The van der Waals surface area contributed by atoms with Crippen LogP contribution in [0.4, 0.5) is 4.39 Å². The SMILES string of the molecule is CC1C=CC(Cl)=C(F)C1(C)C(=O)O. The molecule has 2 nitrogen and oxygen atoms in total. The van der Waals surface area contributed by atoms with Gasteiger partial charge in [0, 0.05) is 0 Å². The van der Waals surface area contributed by atoms with Gasteiger partial charge in [-0.2, -0.15) is 0 Å². The standard InChI is InChI=1S/C9H10ClFO2/c1-5-3-4-6(10)7(11)9(5,2)8(12)13/h3-5H,1-2H3,(H,12,13). The lowest BCUT2D eigenvalue weighted by Gasteiger charge is -2.30. The number of hydrogen-bond acceptors (Lipinski definition) is 1. The Morgan fingerprint density at radius 1 is 1.77 bits per heavy atom. The van der Waals surface area contributed by atoms with E-state index in [-0.39, 0.29) is 5.03 Å². The molecule has 1 aliphatic rings. The predicted octanol–water partition coefficient (Wildman–Crippen LogP) is 2.70. The maximum Gasteiger partial charge on any atom is 0.316 e. The maximum absolute atomic E-state index is 13.4. The first-order valence-electron chi connectivity index (χ1n) is 3.88. The Morgan fingerprint density at radius 2 is 2.31 bits per heavy atom. The van der Waals surface area contributed by atoms with E-state index in [0.29, 0.717) is 0 Å². The highest BCUT2D eigenvalue weighted by Crippen LogP contribution is 2.43. The van der Waals surface area contributed by atoms with Crippen LogP contribution in [0.15, 0.2) is 23.0 Å². The Kier molecular flexibility index (Phi) is 2.48. The summed E-state index contributed by atoms with van der Waals surface area (Å²) in [7, 11) is 0. The summed E-state index contributed by atoms with van der Waals surface area (Å²) in [6.07, 6.45) is 2.99. The molecule has 0 aromatic heterocycles. The molecule has 4 heteroatoms. The second kappa shape index (κ2) is 3.14. The molecule has 0 saturated carbocycles. The zero-order valence-corrected chi connectivity index (χ0v) is 8.10. The molecule has 0 aromatic rings. The van der Waals surface area contributed by atoms with Gasteiger partial charge < -0.3 is 5.11 Å². The Balaban J connectivity index is 3.24. The van der Waals surface area contributed by atoms with Gasteiger partial charge in [0.1, 0.15) is 11.2 Å². The lowest BCUT2D eigenvalue weighted by molar-refractivity contribution is -0.148. The van der Waals surface area contributed by atoms with Crippen molar-refractivity contribution >= 4 is 17.6 Å².